The van der Waals surface area contributed by atoms with Gasteiger partial charge in [-0.25, -0.2) is 4.79 Å². The van der Waals surface area contributed by atoms with Crippen molar-refractivity contribution in [1.29, 1.82) is 0 Å². The van der Waals surface area contributed by atoms with E-state index >= 15 is 0 Å². The van der Waals surface area contributed by atoms with E-state index in [1.807, 2.05) is 54.6 Å². The smallest absolute Gasteiger partial charge is 0.326 e. The lowest BCUT2D eigenvalue weighted by atomic mass is 9.84. The molecule has 3 aromatic rings. The lowest BCUT2D eigenvalue weighted by Gasteiger charge is -2.20. The number of nitrogens with one attached hydrogen (secondary N) is 2. The lowest BCUT2D eigenvalue weighted by Crippen LogP contribution is -2.41. The minimum Gasteiger partial charge on any atom is -0.480 e. The van der Waals surface area contributed by atoms with E-state index in [9.17, 15) is 19.6 Å². The van der Waals surface area contributed by atoms with Crippen LogP contribution in [-0.4, -0.2) is 36.2 Å². The highest BCUT2D eigenvalue weighted by atomic mass is 16.4. The monoisotopic (exact) mass is 445 g/mol. The Kier molecular flexibility index (Phi) is 8.85. The predicted octanol–water partition coefficient (Wildman–Crippen LogP) is 4.14. The van der Waals surface area contributed by atoms with Crippen LogP contribution >= 0.6 is 0 Å². The summed E-state index contributed by atoms with van der Waals surface area (Å²) in [5.74, 6) is -1.60. The van der Waals surface area contributed by atoms with Crippen molar-refractivity contribution in [2.75, 3.05) is 13.2 Å². The summed E-state index contributed by atoms with van der Waals surface area (Å²) in [4.78, 5) is 34.6. The van der Waals surface area contributed by atoms with Crippen molar-refractivity contribution in [3.05, 3.63) is 112 Å². The Morgan fingerprint density at radius 3 is 2.03 bits per heavy atom. The minimum absolute atomic E-state index is 0.0269. The van der Waals surface area contributed by atoms with Crippen LogP contribution in [0.4, 0.5) is 0 Å². The standard InChI is InChI=1S/C26H27N3O4/c30-25(29-23(26(31)32)15-8-16-27-18-28-33)22-14-7-13-21(17-22)24(19-9-3-1-4-10-19)20-11-5-2-6-12-20/h1-7,9-14,17,23-24,27H,8,15-16,18H2,(H,29,30)(H,31,32)/t23-/m0/s1. The summed E-state index contributed by atoms with van der Waals surface area (Å²) in [5.41, 5.74) is 3.54. The van der Waals surface area contributed by atoms with Crippen LogP contribution in [-0.2, 0) is 4.79 Å². The quantitative estimate of drug-likeness (QED) is 0.221. The first kappa shape index (κ1) is 23.8. The zero-order chi connectivity index (χ0) is 23.5. The molecule has 1 amide bonds. The maximum absolute atomic E-state index is 12.9. The molecule has 0 saturated carbocycles. The maximum Gasteiger partial charge on any atom is 0.326 e. The molecule has 0 aliphatic carbocycles. The van der Waals surface area contributed by atoms with E-state index in [-0.39, 0.29) is 19.0 Å². The fraction of sp³-hybridized carbons (Fsp3) is 0.231. The molecule has 7 nitrogen and oxygen atoms in total. The third-order valence-electron chi connectivity index (χ3n) is 5.37. The summed E-state index contributed by atoms with van der Waals surface area (Å²) < 4.78 is 0. The summed E-state index contributed by atoms with van der Waals surface area (Å²) in [6, 6.07) is 26.4. The van der Waals surface area contributed by atoms with Gasteiger partial charge in [0.25, 0.3) is 5.91 Å². The van der Waals surface area contributed by atoms with E-state index in [1.165, 1.54) is 0 Å². The second kappa shape index (κ2) is 12.3. The van der Waals surface area contributed by atoms with Gasteiger partial charge >= 0.3 is 5.97 Å². The molecule has 3 N–H and O–H groups in total. The summed E-state index contributed by atoms with van der Waals surface area (Å²) in [6.07, 6.45) is 0.722. The van der Waals surface area contributed by atoms with Crippen LogP contribution in [0.1, 0.15) is 45.8 Å². The molecule has 0 bridgehead atoms. The van der Waals surface area contributed by atoms with Crippen molar-refractivity contribution in [3.8, 4) is 0 Å². The third kappa shape index (κ3) is 6.82. The Bertz CT molecular complexity index is 1020. The normalized spacial score (nSPS) is 11.7. The number of hydrogen-bond acceptors (Lipinski definition) is 5. The zero-order valence-corrected chi connectivity index (χ0v) is 18.2. The van der Waals surface area contributed by atoms with Crippen LogP contribution in [0.15, 0.2) is 90.1 Å². The third-order valence-corrected chi connectivity index (χ3v) is 5.37. The zero-order valence-electron chi connectivity index (χ0n) is 18.2. The van der Waals surface area contributed by atoms with E-state index in [2.05, 4.69) is 40.1 Å². The number of carbonyl (C=O) groups is 2. The number of nitroso groups, excluding NO2 is 1. The Morgan fingerprint density at radius 1 is 0.848 bits per heavy atom. The van der Waals surface area contributed by atoms with Crippen LogP contribution in [0.5, 0.6) is 0 Å². The molecule has 0 unspecified atom stereocenters. The van der Waals surface area contributed by atoms with Crippen LogP contribution in [0, 0.1) is 4.91 Å². The van der Waals surface area contributed by atoms with Crippen molar-refractivity contribution in [3.63, 3.8) is 0 Å². The van der Waals surface area contributed by atoms with E-state index in [0.717, 1.165) is 16.7 Å². The van der Waals surface area contributed by atoms with Crippen molar-refractivity contribution in [1.82, 2.24) is 10.6 Å². The van der Waals surface area contributed by atoms with Gasteiger partial charge in [0, 0.05) is 11.5 Å². The molecule has 0 aromatic heterocycles. The van der Waals surface area contributed by atoms with Gasteiger partial charge in [0.15, 0.2) is 0 Å². The highest BCUT2D eigenvalue weighted by Gasteiger charge is 2.22. The topological polar surface area (TPSA) is 108 Å². The number of benzene rings is 3. The van der Waals surface area contributed by atoms with Gasteiger partial charge in [-0.3, -0.25) is 10.1 Å². The van der Waals surface area contributed by atoms with Gasteiger partial charge < -0.3 is 10.4 Å². The Labute approximate surface area is 192 Å². The van der Waals surface area contributed by atoms with E-state index < -0.39 is 17.9 Å². The lowest BCUT2D eigenvalue weighted by molar-refractivity contribution is -0.139. The molecule has 0 fully saturated rings. The summed E-state index contributed by atoms with van der Waals surface area (Å²) >= 11 is 0. The second-order valence-corrected chi connectivity index (χ2v) is 7.67. The molecule has 0 radical (unpaired) electrons. The average Bonchev–Trinajstić information content (AvgIpc) is 2.84. The molecule has 0 heterocycles. The van der Waals surface area contributed by atoms with E-state index in [1.54, 1.807) is 6.07 Å². The molecule has 0 aliphatic rings. The van der Waals surface area contributed by atoms with Crippen molar-refractivity contribution in [2.45, 2.75) is 24.8 Å². The highest BCUT2D eigenvalue weighted by Crippen LogP contribution is 2.32. The van der Waals surface area contributed by atoms with Crippen LogP contribution in [0.3, 0.4) is 0 Å². The molecular weight excluding hydrogens is 418 g/mol. The molecule has 1 atom stereocenters. The first-order valence-corrected chi connectivity index (χ1v) is 10.8. The largest absolute Gasteiger partial charge is 0.480 e. The fourth-order valence-corrected chi connectivity index (χ4v) is 3.78. The summed E-state index contributed by atoms with van der Waals surface area (Å²) in [5, 5.41) is 17.6. The van der Waals surface area contributed by atoms with Crippen LogP contribution < -0.4 is 10.6 Å². The number of hydrogen-bond donors (Lipinski definition) is 3. The predicted molar refractivity (Wildman–Crippen MR) is 127 cm³/mol. The molecule has 3 aromatic carbocycles. The second-order valence-electron chi connectivity index (χ2n) is 7.67. The van der Waals surface area contributed by atoms with Gasteiger partial charge in [-0.05, 0) is 48.2 Å². The molecular formula is C26H27N3O4. The Balaban J connectivity index is 1.80. The SMILES string of the molecule is O=NCNCCC[C@H](NC(=O)c1cccc(C(c2ccccc2)c2ccccc2)c1)C(=O)O. The number of amides is 1. The minimum atomic E-state index is -1.10. The first-order valence-electron chi connectivity index (χ1n) is 10.8. The number of rotatable bonds is 12. The molecule has 170 valence electrons. The molecule has 7 heteroatoms. The molecule has 0 aliphatic heterocycles. The van der Waals surface area contributed by atoms with Gasteiger partial charge in [0.1, 0.15) is 12.7 Å². The Hall–Kier alpha value is -3.84. The van der Waals surface area contributed by atoms with Crippen molar-refractivity contribution in [2.24, 2.45) is 5.18 Å². The fourth-order valence-electron chi connectivity index (χ4n) is 3.78. The van der Waals surface area contributed by atoms with Gasteiger partial charge in [-0.2, -0.15) is 0 Å². The number of carbonyl (C=O) groups excluding carboxylic acids is 1. The highest BCUT2D eigenvalue weighted by molar-refractivity contribution is 5.96. The maximum atomic E-state index is 12.9. The van der Waals surface area contributed by atoms with E-state index in [4.69, 9.17) is 0 Å². The number of aliphatic carboxylic acids is 1. The molecule has 0 spiro atoms. The first-order chi connectivity index (χ1) is 16.1. The van der Waals surface area contributed by atoms with Gasteiger partial charge in [-0.1, -0.05) is 78.0 Å². The molecule has 0 saturated heterocycles. The number of nitrogens with zero attached hydrogens (tertiary/aromatic N) is 1. The molecule has 3 rings (SSSR count). The summed E-state index contributed by atoms with van der Waals surface area (Å²) in [6.45, 7) is 0.414. The molecule has 33 heavy (non-hydrogen) atoms. The van der Waals surface area contributed by atoms with Crippen LogP contribution in [0.25, 0.3) is 0 Å². The van der Waals surface area contributed by atoms with Gasteiger partial charge in [0.2, 0.25) is 0 Å². The average molecular weight is 446 g/mol. The van der Waals surface area contributed by atoms with Crippen LogP contribution in [0.2, 0.25) is 0 Å². The van der Waals surface area contributed by atoms with Crippen molar-refractivity contribution < 1.29 is 14.7 Å². The summed E-state index contributed by atoms with van der Waals surface area (Å²) in [7, 11) is 0. The number of carboxylic acids is 1. The van der Waals surface area contributed by atoms with Gasteiger partial charge in [-0.15, -0.1) is 4.91 Å². The van der Waals surface area contributed by atoms with Gasteiger partial charge in [0.05, 0.1) is 0 Å². The number of carboxylic acid groups (broad SMARTS) is 1. The van der Waals surface area contributed by atoms with Crippen molar-refractivity contribution >= 4 is 11.9 Å². The van der Waals surface area contributed by atoms with E-state index in [0.29, 0.717) is 18.5 Å². The Morgan fingerprint density at radius 2 is 1.45 bits per heavy atom.